The molecule has 13 heteroatoms. The van der Waals surface area contributed by atoms with E-state index in [1.807, 2.05) is 12.5 Å². The molecule has 0 aromatic heterocycles. The Morgan fingerprint density at radius 3 is 2.19 bits per heavy atom. The summed E-state index contributed by atoms with van der Waals surface area (Å²) in [6.45, 7) is 0.206. The Balaban J connectivity index is 2.94. The van der Waals surface area contributed by atoms with Gasteiger partial charge in [0.15, 0.2) is 0 Å². The summed E-state index contributed by atoms with van der Waals surface area (Å²) in [6, 6.07) is -4.08. The number of likely N-dealkylation sites (tertiary alicyclic amines) is 1. The molecule has 0 saturated carbocycles. The fourth-order valence-electron chi connectivity index (χ4n) is 3.32. The Kier molecular flexibility index (Phi) is 12.5. The molecule has 4 amide bonds. The molecule has 4 unspecified atom stereocenters. The number of nitrogens with zero attached hydrogens (tertiary/aromatic N) is 1. The molecule has 0 aliphatic carbocycles. The predicted molar refractivity (Wildman–Crippen MR) is 124 cm³/mol. The van der Waals surface area contributed by atoms with Crippen molar-refractivity contribution in [2.24, 2.45) is 11.5 Å². The van der Waals surface area contributed by atoms with Gasteiger partial charge in [0.05, 0.1) is 12.5 Å². The van der Waals surface area contributed by atoms with Gasteiger partial charge in [-0.3, -0.25) is 19.2 Å². The summed E-state index contributed by atoms with van der Waals surface area (Å²) < 4.78 is 0. The fourth-order valence-corrected chi connectivity index (χ4v) is 4.28. The molecule has 11 nitrogen and oxygen atoms in total. The summed E-state index contributed by atoms with van der Waals surface area (Å²) in [7, 11) is 0. The highest BCUT2D eigenvalue weighted by Gasteiger charge is 2.38. The first-order valence-electron chi connectivity index (χ1n) is 10.3. The molecule has 7 N–H and O–H groups in total. The van der Waals surface area contributed by atoms with Crippen molar-refractivity contribution in [3.8, 4) is 0 Å². The van der Waals surface area contributed by atoms with Gasteiger partial charge in [-0.25, -0.2) is 4.79 Å². The highest BCUT2D eigenvalue weighted by atomic mass is 32.2. The van der Waals surface area contributed by atoms with Gasteiger partial charge >= 0.3 is 5.97 Å². The van der Waals surface area contributed by atoms with E-state index in [2.05, 4.69) is 10.6 Å². The molecule has 1 heterocycles. The normalized spacial score (nSPS) is 18.5. The van der Waals surface area contributed by atoms with Crippen molar-refractivity contribution in [2.45, 2.75) is 56.3 Å². The number of rotatable bonds is 14. The van der Waals surface area contributed by atoms with Crippen LogP contribution in [0.3, 0.4) is 0 Å². The van der Waals surface area contributed by atoms with Gasteiger partial charge in [0.1, 0.15) is 18.1 Å². The lowest BCUT2D eigenvalue weighted by Gasteiger charge is -2.28. The van der Waals surface area contributed by atoms with Crippen LogP contribution in [0.5, 0.6) is 0 Å². The van der Waals surface area contributed by atoms with E-state index in [-0.39, 0.29) is 13.0 Å². The Labute approximate surface area is 196 Å². The van der Waals surface area contributed by atoms with Crippen LogP contribution in [0.15, 0.2) is 0 Å². The van der Waals surface area contributed by atoms with Gasteiger partial charge in [-0.1, -0.05) is 0 Å². The standard InChI is InChI=1S/C19H33N5O6S2/c1-31-8-5-11(20)16(26)22-12(6-9-32-2)17(27)23-13(10-15(21)25)18(28)24-7-3-4-14(24)19(29)30/h11-14H,3-10,20H2,1-2H3,(H2,21,25)(H,22,26)(H,23,27)(H,29,30). The molecule has 4 atom stereocenters. The van der Waals surface area contributed by atoms with E-state index in [0.29, 0.717) is 30.8 Å². The van der Waals surface area contributed by atoms with Crippen LogP contribution >= 0.6 is 23.5 Å². The van der Waals surface area contributed by atoms with E-state index in [1.54, 1.807) is 11.8 Å². The lowest BCUT2D eigenvalue weighted by atomic mass is 10.1. The van der Waals surface area contributed by atoms with Crippen LogP contribution in [0, 0.1) is 0 Å². The zero-order valence-corrected chi connectivity index (χ0v) is 20.0. The number of aliphatic carboxylic acids is 1. The fraction of sp³-hybridized carbons (Fsp3) is 0.737. The topological polar surface area (TPSA) is 185 Å². The quantitative estimate of drug-likeness (QED) is 0.198. The predicted octanol–water partition coefficient (Wildman–Crippen LogP) is -1.26. The first kappa shape index (κ1) is 28.0. The Morgan fingerprint density at radius 1 is 1.03 bits per heavy atom. The minimum Gasteiger partial charge on any atom is -0.480 e. The lowest BCUT2D eigenvalue weighted by Crippen LogP contribution is -2.58. The maximum atomic E-state index is 12.9. The second-order valence-corrected chi connectivity index (χ2v) is 9.46. The molecule has 1 aliphatic rings. The largest absolute Gasteiger partial charge is 0.480 e. The number of carbonyl (C=O) groups is 5. The van der Waals surface area contributed by atoms with Crippen molar-refractivity contribution in [3.63, 3.8) is 0 Å². The van der Waals surface area contributed by atoms with E-state index in [4.69, 9.17) is 11.5 Å². The van der Waals surface area contributed by atoms with Gasteiger partial charge in [0, 0.05) is 6.54 Å². The highest BCUT2D eigenvalue weighted by Crippen LogP contribution is 2.19. The summed E-state index contributed by atoms with van der Waals surface area (Å²) in [4.78, 5) is 62.4. The Morgan fingerprint density at radius 2 is 1.62 bits per heavy atom. The molecule has 1 aliphatic heterocycles. The van der Waals surface area contributed by atoms with Crippen molar-refractivity contribution in [2.75, 3.05) is 30.6 Å². The zero-order chi connectivity index (χ0) is 24.3. The number of hydrogen-bond donors (Lipinski definition) is 5. The van der Waals surface area contributed by atoms with E-state index < -0.39 is 60.2 Å². The summed E-state index contributed by atoms with van der Waals surface area (Å²) >= 11 is 3.02. The molecule has 0 spiro atoms. The minimum atomic E-state index is -1.32. The molecule has 1 rings (SSSR count). The van der Waals surface area contributed by atoms with E-state index >= 15 is 0 Å². The van der Waals surface area contributed by atoms with Crippen molar-refractivity contribution in [1.29, 1.82) is 0 Å². The van der Waals surface area contributed by atoms with Gasteiger partial charge in [0.25, 0.3) is 0 Å². The molecule has 0 bridgehead atoms. The number of carboxylic acids is 1. The van der Waals surface area contributed by atoms with E-state index in [9.17, 15) is 29.1 Å². The van der Waals surface area contributed by atoms with E-state index in [0.717, 1.165) is 4.90 Å². The minimum absolute atomic E-state index is 0.206. The smallest absolute Gasteiger partial charge is 0.326 e. The zero-order valence-electron chi connectivity index (χ0n) is 18.4. The molecular weight excluding hydrogens is 458 g/mol. The van der Waals surface area contributed by atoms with Crippen molar-refractivity contribution in [1.82, 2.24) is 15.5 Å². The molecule has 1 fully saturated rings. The van der Waals surface area contributed by atoms with Crippen molar-refractivity contribution in [3.05, 3.63) is 0 Å². The van der Waals surface area contributed by atoms with Gasteiger partial charge in [-0.15, -0.1) is 0 Å². The third kappa shape index (κ3) is 8.87. The van der Waals surface area contributed by atoms with Crippen LogP contribution < -0.4 is 22.1 Å². The summed E-state index contributed by atoms with van der Waals surface area (Å²) in [5.41, 5.74) is 11.1. The number of carbonyl (C=O) groups excluding carboxylic acids is 4. The van der Waals surface area contributed by atoms with Gasteiger partial charge < -0.3 is 32.1 Å². The van der Waals surface area contributed by atoms with Gasteiger partial charge in [-0.2, -0.15) is 23.5 Å². The number of carboxylic acid groups (broad SMARTS) is 1. The third-order valence-corrected chi connectivity index (χ3v) is 6.34. The van der Waals surface area contributed by atoms with Crippen molar-refractivity contribution < 1.29 is 29.1 Å². The number of nitrogens with two attached hydrogens (primary N) is 2. The second kappa shape index (κ2) is 14.2. The Hall–Kier alpha value is -1.99. The molecule has 0 radical (unpaired) electrons. The molecule has 1 saturated heterocycles. The second-order valence-electron chi connectivity index (χ2n) is 7.49. The first-order chi connectivity index (χ1) is 15.1. The van der Waals surface area contributed by atoms with Gasteiger partial charge in [-0.05, 0) is 49.7 Å². The Bertz CT molecular complexity index is 695. The molecule has 182 valence electrons. The summed E-state index contributed by atoms with van der Waals surface area (Å²) in [5.74, 6) is -2.55. The van der Waals surface area contributed by atoms with Crippen LogP contribution in [0.25, 0.3) is 0 Å². The number of hydrogen-bond acceptors (Lipinski definition) is 8. The van der Waals surface area contributed by atoms with Crippen LogP contribution in [0.2, 0.25) is 0 Å². The number of nitrogens with one attached hydrogen (secondary N) is 2. The third-order valence-electron chi connectivity index (χ3n) is 5.05. The average molecular weight is 492 g/mol. The summed E-state index contributed by atoms with van der Waals surface area (Å²) in [6.07, 6.45) is 4.78. The van der Waals surface area contributed by atoms with Gasteiger partial charge in [0.2, 0.25) is 23.6 Å². The number of amides is 4. The van der Waals surface area contributed by atoms with Crippen LogP contribution in [-0.4, -0.2) is 94.3 Å². The SMILES string of the molecule is CSCCC(N)C(=O)NC(CCSC)C(=O)NC(CC(N)=O)C(=O)N1CCCC1C(=O)O. The number of primary amides is 1. The average Bonchev–Trinajstić information content (AvgIpc) is 3.23. The van der Waals surface area contributed by atoms with Crippen LogP contribution in [0.1, 0.15) is 32.1 Å². The highest BCUT2D eigenvalue weighted by molar-refractivity contribution is 7.98. The monoisotopic (exact) mass is 491 g/mol. The molecule has 0 aromatic rings. The van der Waals surface area contributed by atoms with Crippen molar-refractivity contribution >= 4 is 53.1 Å². The lowest BCUT2D eigenvalue weighted by molar-refractivity contribution is -0.149. The molecule has 0 aromatic carbocycles. The number of thioether (sulfide) groups is 2. The maximum absolute atomic E-state index is 12.9. The van der Waals surface area contributed by atoms with Crippen LogP contribution in [0.4, 0.5) is 0 Å². The van der Waals surface area contributed by atoms with E-state index in [1.165, 1.54) is 11.8 Å². The maximum Gasteiger partial charge on any atom is 0.326 e. The molecule has 32 heavy (non-hydrogen) atoms. The summed E-state index contributed by atoms with van der Waals surface area (Å²) in [5, 5.41) is 14.4. The first-order valence-corrected chi connectivity index (χ1v) is 13.1. The molecular formula is C19H33N5O6S2. The van der Waals surface area contributed by atoms with Crippen LogP contribution in [-0.2, 0) is 24.0 Å².